The number of nitrogens with zero attached hydrogens (tertiary/aromatic N) is 1. The molecule has 1 saturated heterocycles. The molecule has 1 unspecified atom stereocenters. The lowest BCUT2D eigenvalue weighted by molar-refractivity contribution is 0.00989. The van der Waals surface area contributed by atoms with Crippen molar-refractivity contribution in [3.05, 3.63) is 23.8 Å². The van der Waals surface area contributed by atoms with Crippen molar-refractivity contribution in [1.29, 1.82) is 0 Å². The van der Waals surface area contributed by atoms with Gasteiger partial charge in [-0.2, -0.15) is 0 Å². The number of benzene rings is 1. The van der Waals surface area contributed by atoms with Crippen LogP contribution in [0, 0.1) is 0 Å². The van der Waals surface area contributed by atoms with E-state index in [9.17, 15) is 5.11 Å². The van der Waals surface area contributed by atoms with Gasteiger partial charge < -0.3 is 24.2 Å². The quantitative estimate of drug-likeness (QED) is 0.796. The molecular weight excluding hydrogens is 294 g/mol. The number of ether oxygens (including phenoxy) is 3. The number of methoxy groups -OCH3 is 2. The van der Waals surface area contributed by atoms with Gasteiger partial charge in [0.25, 0.3) is 0 Å². The lowest BCUT2D eigenvalue weighted by atomic mass is 10.2. The second kappa shape index (κ2) is 9.75. The molecule has 1 N–H and O–H groups in total. The third kappa shape index (κ3) is 6.01. The minimum absolute atomic E-state index is 0.330. The standard InChI is InChI=1S/C18H29NO4/c1-21-17-7-8-18(22-2)15(11-17)13-23-14-16(20)12-19-9-5-3-4-6-10-19/h7-8,11,16,20H,3-6,9-10,12-14H2,1-2H3. The van der Waals surface area contributed by atoms with Crippen molar-refractivity contribution in [2.75, 3.05) is 40.5 Å². The fraction of sp³-hybridized carbons (Fsp3) is 0.667. The van der Waals surface area contributed by atoms with Crippen LogP contribution in [0.15, 0.2) is 18.2 Å². The second-order valence-corrected chi connectivity index (χ2v) is 6.06. The van der Waals surface area contributed by atoms with Crippen LogP contribution in [-0.2, 0) is 11.3 Å². The molecule has 1 heterocycles. The second-order valence-electron chi connectivity index (χ2n) is 6.06. The van der Waals surface area contributed by atoms with Gasteiger partial charge in [0.2, 0.25) is 0 Å². The van der Waals surface area contributed by atoms with Crippen LogP contribution in [0.25, 0.3) is 0 Å². The molecule has 0 bridgehead atoms. The van der Waals surface area contributed by atoms with Crippen molar-refractivity contribution in [1.82, 2.24) is 4.90 Å². The molecule has 1 atom stereocenters. The van der Waals surface area contributed by atoms with Gasteiger partial charge in [0.1, 0.15) is 11.5 Å². The first-order valence-corrected chi connectivity index (χ1v) is 8.42. The highest BCUT2D eigenvalue weighted by Crippen LogP contribution is 2.24. The van der Waals surface area contributed by atoms with E-state index in [0.29, 0.717) is 19.8 Å². The summed E-state index contributed by atoms with van der Waals surface area (Å²) in [7, 11) is 3.27. The lowest BCUT2D eigenvalue weighted by Gasteiger charge is -2.23. The Balaban J connectivity index is 1.77. The highest BCUT2D eigenvalue weighted by atomic mass is 16.5. The number of aliphatic hydroxyl groups excluding tert-OH is 1. The molecule has 5 nitrogen and oxygen atoms in total. The molecule has 5 heteroatoms. The van der Waals surface area contributed by atoms with E-state index in [1.54, 1.807) is 14.2 Å². The highest BCUT2D eigenvalue weighted by Gasteiger charge is 2.14. The Morgan fingerprint density at radius 3 is 2.48 bits per heavy atom. The molecule has 0 radical (unpaired) electrons. The summed E-state index contributed by atoms with van der Waals surface area (Å²) in [5.74, 6) is 1.54. The summed E-state index contributed by atoms with van der Waals surface area (Å²) in [6.07, 6.45) is 4.62. The molecule has 0 aromatic heterocycles. The van der Waals surface area contributed by atoms with Gasteiger partial charge in [0, 0.05) is 12.1 Å². The van der Waals surface area contributed by atoms with E-state index in [2.05, 4.69) is 4.90 Å². The van der Waals surface area contributed by atoms with Gasteiger partial charge in [-0.25, -0.2) is 0 Å². The molecule has 0 spiro atoms. The minimum Gasteiger partial charge on any atom is -0.497 e. The topological polar surface area (TPSA) is 51.2 Å². The van der Waals surface area contributed by atoms with Crippen LogP contribution in [0.5, 0.6) is 11.5 Å². The van der Waals surface area contributed by atoms with E-state index in [0.717, 1.165) is 30.2 Å². The maximum Gasteiger partial charge on any atom is 0.124 e. The van der Waals surface area contributed by atoms with Crippen LogP contribution in [0.3, 0.4) is 0 Å². The third-order valence-electron chi connectivity index (χ3n) is 4.22. The molecule has 0 aliphatic carbocycles. The Morgan fingerprint density at radius 1 is 1.09 bits per heavy atom. The molecule has 1 aliphatic heterocycles. The van der Waals surface area contributed by atoms with E-state index in [4.69, 9.17) is 14.2 Å². The van der Waals surface area contributed by atoms with Crippen LogP contribution >= 0.6 is 0 Å². The maximum atomic E-state index is 10.2. The number of rotatable bonds is 8. The average molecular weight is 323 g/mol. The van der Waals surface area contributed by atoms with E-state index >= 15 is 0 Å². The normalized spacial score (nSPS) is 17.5. The van der Waals surface area contributed by atoms with Crippen molar-refractivity contribution >= 4 is 0 Å². The van der Waals surface area contributed by atoms with Gasteiger partial charge in [0.05, 0.1) is 33.5 Å². The van der Waals surface area contributed by atoms with Crippen LogP contribution in [-0.4, -0.2) is 56.6 Å². The zero-order valence-electron chi connectivity index (χ0n) is 14.3. The number of likely N-dealkylation sites (tertiary alicyclic amines) is 1. The van der Waals surface area contributed by atoms with E-state index in [1.165, 1.54) is 25.7 Å². The maximum absolute atomic E-state index is 10.2. The van der Waals surface area contributed by atoms with Crippen molar-refractivity contribution in [3.8, 4) is 11.5 Å². The molecule has 23 heavy (non-hydrogen) atoms. The summed E-state index contributed by atoms with van der Waals surface area (Å²) < 4.78 is 16.2. The third-order valence-corrected chi connectivity index (χ3v) is 4.22. The summed E-state index contributed by atoms with van der Waals surface area (Å²) in [5.41, 5.74) is 0.925. The number of aliphatic hydroxyl groups is 1. The first-order chi connectivity index (χ1) is 11.2. The van der Waals surface area contributed by atoms with E-state index in [-0.39, 0.29) is 0 Å². The van der Waals surface area contributed by atoms with E-state index in [1.807, 2.05) is 18.2 Å². The Bertz CT molecular complexity index is 458. The molecular formula is C18H29NO4. The van der Waals surface area contributed by atoms with Crippen molar-refractivity contribution in [2.24, 2.45) is 0 Å². The van der Waals surface area contributed by atoms with Crippen LogP contribution in [0.1, 0.15) is 31.2 Å². The fourth-order valence-electron chi connectivity index (χ4n) is 2.97. The van der Waals surface area contributed by atoms with Crippen LogP contribution in [0.4, 0.5) is 0 Å². The largest absolute Gasteiger partial charge is 0.497 e. The Kier molecular flexibility index (Phi) is 7.65. The average Bonchev–Trinajstić information content (AvgIpc) is 2.83. The first kappa shape index (κ1) is 18.0. The summed E-state index contributed by atoms with van der Waals surface area (Å²) in [5, 5.41) is 10.2. The fourth-order valence-corrected chi connectivity index (χ4v) is 2.97. The summed E-state index contributed by atoms with van der Waals surface area (Å²) in [6.45, 7) is 3.59. The Labute approximate surface area is 139 Å². The summed E-state index contributed by atoms with van der Waals surface area (Å²) in [4.78, 5) is 2.34. The van der Waals surface area contributed by atoms with E-state index < -0.39 is 6.10 Å². The minimum atomic E-state index is -0.454. The van der Waals surface area contributed by atoms with Crippen molar-refractivity contribution < 1.29 is 19.3 Å². The monoisotopic (exact) mass is 323 g/mol. The highest BCUT2D eigenvalue weighted by molar-refractivity contribution is 5.39. The van der Waals surface area contributed by atoms with Gasteiger partial charge in [-0.05, 0) is 44.1 Å². The van der Waals surface area contributed by atoms with Crippen molar-refractivity contribution in [3.63, 3.8) is 0 Å². The van der Waals surface area contributed by atoms with Crippen molar-refractivity contribution in [2.45, 2.75) is 38.4 Å². The molecule has 130 valence electrons. The SMILES string of the molecule is COc1ccc(OC)c(COCC(O)CN2CCCCCC2)c1. The number of hydrogen-bond donors (Lipinski definition) is 1. The van der Waals surface area contributed by atoms with Gasteiger partial charge in [-0.15, -0.1) is 0 Å². The zero-order chi connectivity index (χ0) is 16.5. The lowest BCUT2D eigenvalue weighted by Crippen LogP contribution is -2.35. The predicted octanol–water partition coefficient (Wildman–Crippen LogP) is 2.46. The number of β-amino-alcohol motifs (C(OH)–C–C–N with tert-alkyl or cyclic N) is 1. The predicted molar refractivity (Wildman–Crippen MR) is 90.1 cm³/mol. The first-order valence-electron chi connectivity index (χ1n) is 8.42. The Morgan fingerprint density at radius 2 is 1.83 bits per heavy atom. The molecule has 1 aromatic carbocycles. The van der Waals surface area contributed by atoms with Gasteiger partial charge in [-0.3, -0.25) is 0 Å². The molecule has 1 aromatic rings. The van der Waals surface area contributed by atoms with Crippen LogP contribution in [0.2, 0.25) is 0 Å². The molecule has 2 rings (SSSR count). The summed E-state index contributed by atoms with van der Waals surface area (Å²) >= 11 is 0. The smallest absolute Gasteiger partial charge is 0.124 e. The number of hydrogen-bond acceptors (Lipinski definition) is 5. The molecule has 0 amide bonds. The molecule has 1 aliphatic rings. The zero-order valence-corrected chi connectivity index (χ0v) is 14.3. The van der Waals surface area contributed by atoms with Gasteiger partial charge >= 0.3 is 0 Å². The van der Waals surface area contributed by atoms with Gasteiger partial charge in [-0.1, -0.05) is 12.8 Å². The molecule has 1 fully saturated rings. The van der Waals surface area contributed by atoms with Gasteiger partial charge in [0.15, 0.2) is 0 Å². The Hall–Kier alpha value is -1.30. The summed E-state index contributed by atoms with van der Waals surface area (Å²) in [6, 6.07) is 5.63. The van der Waals surface area contributed by atoms with Crippen LogP contribution < -0.4 is 9.47 Å². The molecule has 0 saturated carbocycles.